The Hall–Kier alpha value is -2.48. The third-order valence-electron chi connectivity index (χ3n) is 5.41. The number of nitrogens with two attached hydrogens (primary N) is 2. The summed E-state index contributed by atoms with van der Waals surface area (Å²) in [5.41, 5.74) is 14.7. The summed E-state index contributed by atoms with van der Waals surface area (Å²) in [4.78, 5) is 16.6. The van der Waals surface area contributed by atoms with E-state index in [9.17, 15) is 4.79 Å². The van der Waals surface area contributed by atoms with Crippen LogP contribution >= 0.6 is 0 Å². The Morgan fingerprint density at radius 1 is 1.32 bits per heavy atom. The van der Waals surface area contributed by atoms with Crippen LogP contribution in [0.5, 0.6) is 0 Å². The van der Waals surface area contributed by atoms with Gasteiger partial charge in [0.25, 0.3) is 0 Å². The monoisotopic (exact) mass is 382 g/mol. The summed E-state index contributed by atoms with van der Waals surface area (Å²) in [6.07, 6.45) is 9.68. The van der Waals surface area contributed by atoms with Crippen LogP contribution in [0.15, 0.2) is 36.8 Å². The number of fused-ring (bicyclic) bond motifs is 1. The van der Waals surface area contributed by atoms with Crippen LogP contribution in [0.4, 0.5) is 0 Å². The first-order valence-corrected chi connectivity index (χ1v) is 9.76. The number of aldehydes is 1. The number of hydrogen-bond donors (Lipinski definition) is 3. The number of rotatable bonds is 5. The van der Waals surface area contributed by atoms with E-state index in [2.05, 4.69) is 50.8 Å². The molecule has 1 unspecified atom stereocenters. The van der Waals surface area contributed by atoms with Gasteiger partial charge >= 0.3 is 0 Å². The van der Waals surface area contributed by atoms with Crippen LogP contribution in [-0.4, -0.2) is 59.2 Å². The molecular formula is C21H30N6O. The van der Waals surface area contributed by atoms with Gasteiger partial charge in [-0.1, -0.05) is 18.2 Å². The maximum atomic E-state index is 10.9. The number of aromatic nitrogens is 3. The van der Waals surface area contributed by atoms with E-state index >= 15 is 0 Å². The molecule has 3 heterocycles. The molecule has 1 fully saturated rings. The third kappa shape index (κ3) is 4.16. The number of carbonyl (C=O) groups is 1. The molecule has 0 aliphatic carbocycles. The minimum Gasteiger partial charge on any atom is -0.360 e. The van der Waals surface area contributed by atoms with Crippen LogP contribution in [0.25, 0.3) is 22.0 Å². The number of hydrogen-bond acceptors (Lipinski definition) is 5. The summed E-state index contributed by atoms with van der Waals surface area (Å²) in [6, 6.07) is 6.24. The zero-order chi connectivity index (χ0) is 20.1. The van der Waals surface area contributed by atoms with Crippen molar-refractivity contribution in [2.75, 3.05) is 27.2 Å². The van der Waals surface area contributed by atoms with Crippen molar-refractivity contribution in [3.8, 4) is 11.1 Å². The number of aromatic amines is 1. The van der Waals surface area contributed by atoms with Crippen molar-refractivity contribution >= 4 is 17.2 Å². The lowest BCUT2D eigenvalue weighted by molar-refractivity contribution is -0.108. The number of piperidine rings is 1. The molecule has 1 atom stereocenters. The summed E-state index contributed by atoms with van der Waals surface area (Å²) in [7, 11) is 3.67. The molecule has 0 spiro atoms. The minimum atomic E-state index is -0.468. The third-order valence-corrected chi connectivity index (χ3v) is 5.41. The van der Waals surface area contributed by atoms with Crippen molar-refractivity contribution in [3.05, 3.63) is 42.4 Å². The number of nitrogens with zero attached hydrogens (tertiary/aromatic N) is 3. The van der Waals surface area contributed by atoms with E-state index in [0.717, 1.165) is 59.8 Å². The van der Waals surface area contributed by atoms with Gasteiger partial charge in [0, 0.05) is 28.9 Å². The summed E-state index contributed by atoms with van der Waals surface area (Å²) < 4.78 is 2.12. The lowest BCUT2D eigenvalue weighted by Crippen LogP contribution is -2.31. The predicted molar refractivity (Wildman–Crippen MR) is 113 cm³/mol. The molecule has 0 saturated carbocycles. The van der Waals surface area contributed by atoms with E-state index in [0.29, 0.717) is 12.5 Å². The highest BCUT2D eigenvalue weighted by atomic mass is 16.1. The van der Waals surface area contributed by atoms with Crippen LogP contribution in [-0.2, 0) is 11.2 Å². The van der Waals surface area contributed by atoms with Gasteiger partial charge in [-0.15, -0.1) is 0 Å². The Morgan fingerprint density at radius 3 is 2.79 bits per heavy atom. The second-order valence-electron chi connectivity index (χ2n) is 7.29. The molecule has 4 rings (SSSR count). The molecule has 5 N–H and O–H groups in total. The van der Waals surface area contributed by atoms with Gasteiger partial charge in [0.05, 0.1) is 23.8 Å². The average Bonchev–Trinajstić information content (AvgIpc) is 3.38. The maximum absolute atomic E-state index is 10.9. The molecule has 150 valence electrons. The lowest BCUT2D eigenvalue weighted by atomic mass is 10.0. The number of nitrogens with one attached hydrogen (secondary N) is 1. The van der Waals surface area contributed by atoms with Crippen LogP contribution in [0, 0.1) is 0 Å². The van der Waals surface area contributed by atoms with Gasteiger partial charge in [0.1, 0.15) is 6.29 Å². The number of H-pyrrole nitrogens is 1. The normalized spacial score (nSPS) is 16.6. The number of carbonyl (C=O) groups excluding carboxylic acids is 1. The van der Waals surface area contributed by atoms with Crippen molar-refractivity contribution in [1.29, 1.82) is 0 Å². The van der Waals surface area contributed by atoms with Crippen LogP contribution in [0.1, 0.15) is 24.4 Å². The van der Waals surface area contributed by atoms with Gasteiger partial charge in [-0.3, -0.25) is 4.68 Å². The average molecular weight is 383 g/mol. The molecule has 3 aromatic rings. The predicted octanol–water partition coefficient (Wildman–Crippen LogP) is 1.94. The Morgan fingerprint density at radius 2 is 2.07 bits per heavy atom. The largest absolute Gasteiger partial charge is 0.360 e. The van der Waals surface area contributed by atoms with Gasteiger partial charge in [-0.2, -0.15) is 5.10 Å². The SMILES string of the molecule is CN.CN1CCC(n2cc(-c3cccc4c(CC(N)C=O)c[nH]c34)cn2)CC1. The smallest absolute Gasteiger partial charge is 0.137 e. The van der Waals surface area contributed by atoms with Gasteiger partial charge in [-0.25, -0.2) is 0 Å². The Kier molecular flexibility index (Phi) is 6.61. The Balaban J connectivity index is 0.00000109. The zero-order valence-corrected chi connectivity index (χ0v) is 16.6. The van der Waals surface area contributed by atoms with Crippen molar-refractivity contribution in [1.82, 2.24) is 19.7 Å². The molecule has 7 heteroatoms. The van der Waals surface area contributed by atoms with Crippen molar-refractivity contribution in [3.63, 3.8) is 0 Å². The van der Waals surface area contributed by atoms with Gasteiger partial charge in [0.2, 0.25) is 0 Å². The molecule has 1 aliphatic rings. The molecule has 1 aromatic carbocycles. The second-order valence-corrected chi connectivity index (χ2v) is 7.29. The first kappa shape index (κ1) is 20.3. The molecule has 0 amide bonds. The Labute approximate surface area is 165 Å². The zero-order valence-electron chi connectivity index (χ0n) is 16.6. The lowest BCUT2D eigenvalue weighted by Gasteiger charge is -2.28. The van der Waals surface area contributed by atoms with Gasteiger partial charge in [-0.05, 0) is 52.0 Å². The van der Waals surface area contributed by atoms with Crippen LogP contribution in [0.3, 0.4) is 0 Å². The fraction of sp³-hybridized carbons (Fsp3) is 0.429. The summed E-state index contributed by atoms with van der Waals surface area (Å²) in [5.74, 6) is 0. The minimum absolute atomic E-state index is 0.468. The highest BCUT2D eigenvalue weighted by Crippen LogP contribution is 2.31. The van der Waals surface area contributed by atoms with E-state index in [-0.39, 0.29) is 0 Å². The first-order chi connectivity index (χ1) is 13.7. The first-order valence-electron chi connectivity index (χ1n) is 9.76. The number of likely N-dealkylation sites (tertiary alicyclic amines) is 1. The molecule has 2 aromatic heterocycles. The molecule has 7 nitrogen and oxygen atoms in total. The molecule has 1 saturated heterocycles. The van der Waals surface area contributed by atoms with E-state index in [1.807, 2.05) is 18.5 Å². The van der Waals surface area contributed by atoms with Crippen LogP contribution < -0.4 is 11.5 Å². The van der Waals surface area contributed by atoms with Crippen molar-refractivity contribution in [2.24, 2.45) is 11.5 Å². The highest BCUT2D eigenvalue weighted by Gasteiger charge is 2.20. The van der Waals surface area contributed by atoms with E-state index in [1.165, 1.54) is 7.05 Å². The summed E-state index contributed by atoms with van der Waals surface area (Å²) in [6.45, 7) is 2.23. The van der Waals surface area contributed by atoms with E-state index in [1.54, 1.807) is 0 Å². The molecule has 0 radical (unpaired) electrons. The fourth-order valence-electron chi connectivity index (χ4n) is 3.86. The van der Waals surface area contributed by atoms with Gasteiger partial charge in [0.15, 0.2) is 0 Å². The summed E-state index contributed by atoms with van der Waals surface area (Å²) in [5, 5.41) is 5.75. The number of benzene rings is 1. The van der Waals surface area contributed by atoms with E-state index < -0.39 is 6.04 Å². The topological polar surface area (TPSA) is 106 Å². The standard InChI is InChI=1S/C20H25N5O.CH5N/c1-24-7-5-17(6-8-24)25-12-15(11-23-25)19-4-2-3-18-14(9-16(21)13-26)10-22-20(18)19;1-2/h2-4,10-13,16-17,22H,5-9,21H2,1H3;2H2,1H3. The van der Waals surface area contributed by atoms with Gasteiger partial charge < -0.3 is 26.1 Å². The van der Waals surface area contributed by atoms with E-state index in [4.69, 9.17) is 5.73 Å². The van der Waals surface area contributed by atoms with Crippen molar-refractivity contribution < 1.29 is 4.79 Å². The quantitative estimate of drug-likeness (QED) is 0.585. The molecule has 0 bridgehead atoms. The van der Waals surface area contributed by atoms with Crippen LogP contribution in [0.2, 0.25) is 0 Å². The maximum Gasteiger partial charge on any atom is 0.137 e. The number of para-hydroxylation sites is 1. The molecule has 28 heavy (non-hydrogen) atoms. The second kappa shape index (κ2) is 9.14. The molecular weight excluding hydrogens is 352 g/mol. The Bertz CT molecular complexity index is 907. The molecule has 1 aliphatic heterocycles. The highest BCUT2D eigenvalue weighted by molar-refractivity contribution is 5.96. The summed E-state index contributed by atoms with van der Waals surface area (Å²) >= 11 is 0. The van der Waals surface area contributed by atoms with Crippen molar-refractivity contribution in [2.45, 2.75) is 31.3 Å². The fourth-order valence-corrected chi connectivity index (χ4v) is 3.86.